The summed E-state index contributed by atoms with van der Waals surface area (Å²) in [6, 6.07) is 18.9. The standard InChI is InChI=1S/C17H16N2O/c1-13(15-5-3-2-4-6-15)11-17(20)19-16-9-7-14(12-18)8-10-16/h2-10,13H,11H2,1H3,(H,19,20)/t13-/m1/s1. The molecule has 0 radical (unpaired) electrons. The van der Waals surface area contributed by atoms with E-state index in [4.69, 9.17) is 5.26 Å². The van der Waals surface area contributed by atoms with Gasteiger partial charge in [-0.2, -0.15) is 5.26 Å². The topological polar surface area (TPSA) is 52.9 Å². The fourth-order valence-electron chi connectivity index (χ4n) is 2.02. The van der Waals surface area contributed by atoms with Gasteiger partial charge in [-0.3, -0.25) is 4.79 Å². The number of amides is 1. The van der Waals surface area contributed by atoms with Crippen molar-refractivity contribution in [3.63, 3.8) is 0 Å². The van der Waals surface area contributed by atoms with Crippen molar-refractivity contribution >= 4 is 11.6 Å². The first-order valence-corrected chi connectivity index (χ1v) is 6.54. The zero-order chi connectivity index (χ0) is 14.4. The molecule has 2 aromatic carbocycles. The molecule has 3 heteroatoms. The number of hydrogen-bond acceptors (Lipinski definition) is 2. The van der Waals surface area contributed by atoms with Crippen LogP contribution in [0.3, 0.4) is 0 Å². The molecule has 0 aliphatic rings. The summed E-state index contributed by atoms with van der Waals surface area (Å²) in [7, 11) is 0. The van der Waals surface area contributed by atoms with E-state index in [2.05, 4.69) is 5.32 Å². The highest BCUT2D eigenvalue weighted by atomic mass is 16.1. The lowest BCUT2D eigenvalue weighted by Crippen LogP contribution is -2.14. The van der Waals surface area contributed by atoms with Crippen molar-refractivity contribution in [2.75, 3.05) is 5.32 Å². The summed E-state index contributed by atoms with van der Waals surface area (Å²) in [6.07, 6.45) is 0.435. The second-order valence-electron chi connectivity index (χ2n) is 4.75. The van der Waals surface area contributed by atoms with Gasteiger partial charge in [0.25, 0.3) is 0 Å². The Balaban J connectivity index is 1.93. The first-order valence-electron chi connectivity index (χ1n) is 6.54. The number of anilines is 1. The molecule has 0 bridgehead atoms. The van der Waals surface area contributed by atoms with Crippen molar-refractivity contribution in [3.8, 4) is 6.07 Å². The molecular formula is C17H16N2O. The lowest BCUT2D eigenvalue weighted by Gasteiger charge is -2.12. The summed E-state index contributed by atoms with van der Waals surface area (Å²) in [5.41, 5.74) is 2.46. The maximum atomic E-state index is 12.0. The van der Waals surface area contributed by atoms with Gasteiger partial charge in [0.2, 0.25) is 5.91 Å². The molecule has 1 amide bonds. The van der Waals surface area contributed by atoms with Crippen LogP contribution < -0.4 is 5.32 Å². The molecule has 3 nitrogen and oxygen atoms in total. The largest absolute Gasteiger partial charge is 0.326 e. The molecule has 1 atom stereocenters. The van der Waals surface area contributed by atoms with Gasteiger partial charge in [0, 0.05) is 12.1 Å². The van der Waals surface area contributed by atoms with Crippen LogP contribution in [-0.2, 0) is 4.79 Å². The normalized spacial score (nSPS) is 11.4. The van der Waals surface area contributed by atoms with Gasteiger partial charge in [-0.05, 0) is 35.7 Å². The Morgan fingerprint density at radius 3 is 2.40 bits per heavy atom. The molecule has 0 saturated carbocycles. The lowest BCUT2D eigenvalue weighted by atomic mass is 9.97. The third kappa shape index (κ3) is 3.69. The highest BCUT2D eigenvalue weighted by Crippen LogP contribution is 2.19. The highest BCUT2D eigenvalue weighted by Gasteiger charge is 2.11. The monoisotopic (exact) mass is 264 g/mol. The van der Waals surface area contributed by atoms with Crippen LogP contribution in [0.1, 0.15) is 30.4 Å². The number of hydrogen-bond donors (Lipinski definition) is 1. The van der Waals surface area contributed by atoms with Gasteiger partial charge in [0.05, 0.1) is 11.6 Å². The quantitative estimate of drug-likeness (QED) is 0.915. The Labute approximate surface area is 118 Å². The molecule has 0 spiro atoms. The van der Waals surface area contributed by atoms with Gasteiger partial charge in [0.15, 0.2) is 0 Å². The minimum atomic E-state index is -0.0222. The zero-order valence-electron chi connectivity index (χ0n) is 11.3. The minimum absolute atomic E-state index is 0.0222. The van der Waals surface area contributed by atoms with E-state index in [1.807, 2.05) is 43.3 Å². The predicted octanol–water partition coefficient (Wildman–Crippen LogP) is 3.69. The molecule has 0 heterocycles. The molecule has 1 N–H and O–H groups in total. The fraction of sp³-hybridized carbons (Fsp3) is 0.176. The summed E-state index contributed by atoms with van der Waals surface area (Å²) in [5.74, 6) is 0.153. The summed E-state index contributed by atoms with van der Waals surface area (Å²) >= 11 is 0. The zero-order valence-corrected chi connectivity index (χ0v) is 11.3. The molecule has 0 aliphatic carbocycles. The van der Waals surface area contributed by atoms with Crippen LogP contribution in [0.4, 0.5) is 5.69 Å². The maximum absolute atomic E-state index is 12.0. The van der Waals surface area contributed by atoms with Crippen LogP contribution >= 0.6 is 0 Å². The molecule has 0 saturated heterocycles. The molecule has 20 heavy (non-hydrogen) atoms. The number of nitrogens with zero attached hydrogens (tertiary/aromatic N) is 1. The maximum Gasteiger partial charge on any atom is 0.224 e. The van der Waals surface area contributed by atoms with Gasteiger partial charge in [-0.15, -0.1) is 0 Å². The van der Waals surface area contributed by atoms with Crippen molar-refractivity contribution < 1.29 is 4.79 Å². The first kappa shape index (κ1) is 13.8. The molecule has 2 rings (SSSR count). The van der Waals surface area contributed by atoms with E-state index in [1.165, 1.54) is 0 Å². The second kappa shape index (κ2) is 6.53. The summed E-state index contributed by atoms with van der Waals surface area (Å²) in [4.78, 5) is 12.0. The summed E-state index contributed by atoms with van der Waals surface area (Å²) < 4.78 is 0. The van der Waals surface area contributed by atoms with E-state index in [9.17, 15) is 4.79 Å². The second-order valence-corrected chi connectivity index (χ2v) is 4.75. The van der Waals surface area contributed by atoms with Gasteiger partial charge in [-0.1, -0.05) is 37.3 Å². The van der Waals surface area contributed by atoms with Crippen molar-refractivity contribution in [3.05, 3.63) is 65.7 Å². The molecule has 100 valence electrons. The summed E-state index contributed by atoms with van der Waals surface area (Å²) in [6.45, 7) is 2.04. The molecular weight excluding hydrogens is 248 g/mol. The van der Waals surface area contributed by atoms with E-state index < -0.39 is 0 Å². The van der Waals surface area contributed by atoms with Crippen LogP contribution in [0.2, 0.25) is 0 Å². The minimum Gasteiger partial charge on any atom is -0.326 e. The van der Waals surface area contributed by atoms with Crippen molar-refractivity contribution in [1.29, 1.82) is 5.26 Å². The third-order valence-electron chi connectivity index (χ3n) is 3.16. The van der Waals surface area contributed by atoms with E-state index in [0.29, 0.717) is 17.7 Å². The Hall–Kier alpha value is -2.60. The summed E-state index contributed by atoms with van der Waals surface area (Å²) in [5, 5.41) is 11.6. The number of carbonyl (C=O) groups is 1. The number of rotatable bonds is 4. The number of nitriles is 1. The average molecular weight is 264 g/mol. The third-order valence-corrected chi connectivity index (χ3v) is 3.16. The van der Waals surface area contributed by atoms with E-state index >= 15 is 0 Å². The van der Waals surface area contributed by atoms with Crippen LogP contribution in [0, 0.1) is 11.3 Å². The highest BCUT2D eigenvalue weighted by molar-refractivity contribution is 5.91. The van der Waals surface area contributed by atoms with Crippen LogP contribution in [0.5, 0.6) is 0 Å². The SMILES string of the molecule is C[C@H](CC(=O)Nc1ccc(C#N)cc1)c1ccccc1. The van der Waals surface area contributed by atoms with Crippen molar-refractivity contribution in [2.24, 2.45) is 0 Å². The fourth-order valence-corrected chi connectivity index (χ4v) is 2.02. The number of benzene rings is 2. The Morgan fingerprint density at radius 1 is 1.15 bits per heavy atom. The number of carbonyl (C=O) groups excluding carboxylic acids is 1. The Morgan fingerprint density at radius 2 is 1.80 bits per heavy atom. The van der Waals surface area contributed by atoms with Crippen LogP contribution in [0.25, 0.3) is 0 Å². The molecule has 0 aliphatic heterocycles. The molecule has 0 unspecified atom stereocenters. The number of nitrogens with one attached hydrogen (secondary N) is 1. The van der Waals surface area contributed by atoms with Gasteiger partial charge in [0.1, 0.15) is 0 Å². The average Bonchev–Trinajstić information content (AvgIpc) is 2.49. The van der Waals surface area contributed by atoms with E-state index in [1.54, 1.807) is 24.3 Å². The van der Waals surface area contributed by atoms with Crippen molar-refractivity contribution in [2.45, 2.75) is 19.3 Å². The predicted molar refractivity (Wildman–Crippen MR) is 79.3 cm³/mol. The lowest BCUT2D eigenvalue weighted by molar-refractivity contribution is -0.116. The smallest absolute Gasteiger partial charge is 0.224 e. The van der Waals surface area contributed by atoms with Gasteiger partial charge >= 0.3 is 0 Å². The van der Waals surface area contributed by atoms with Crippen LogP contribution in [-0.4, -0.2) is 5.91 Å². The Bertz CT molecular complexity index is 612. The van der Waals surface area contributed by atoms with Crippen LogP contribution in [0.15, 0.2) is 54.6 Å². The molecule has 2 aromatic rings. The Kier molecular flexibility index (Phi) is 4.52. The van der Waals surface area contributed by atoms with E-state index in [0.717, 1.165) is 5.56 Å². The first-order chi connectivity index (χ1) is 9.69. The van der Waals surface area contributed by atoms with Crippen molar-refractivity contribution in [1.82, 2.24) is 0 Å². The molecule has 0 fully saturated rings. The van der Waals surface area contributed by atoms with E-state index in [-0.39, 0.29) is 11.8 Å². The van der Waals surface area contributed by atoms with Gasteiger partial charge in [-0.25, -0.2) is 0 Å². The van der Waals surface area contributed by atoms with Gasteiger partial charge < -0.3 is 5.32 Å². The molecule has 0 aromatic heterocycles.